The summed E-state index contributed by atoms with van der Waals surface area (Å²) in [6, 6.07) is 8.99. The molecule has 0 aliphatic rings. The predicted molar refractivity (Wildman–Crippen MR) is 68.3 cm³/mol. The van der Waals surface area contributed by atoms with E-state index in [0.717, 1.165) is 6.08 Å². The van der Waals surface area contributed by atoms with E-state index in [4.69, 9.17) is 5.11 Å². The van der Waals surface area contributed by atoms with Crippen LogP contribution in [0, 0.1) is 17.5 Å². The monoisotopic (exact) mass is 278 g/mol. The molecule has 0 fully saturated rings. The first-order chi connectivity index (χ1) is 9.49. The summed E-state index contributed by atoms with van der Waals surface area (Å²) in [6.45, 7) is 0. The van der Waals surface area contributed by atoms with Crippen LogP contribution >= 0.6 is 0 Å². The first-order valence-electron chi connectivity index (χ1n) is 5.64. The fourth-order valence-corrected chi connectivity index (χ4v) is 1.69. The Kier molecular flexibility index (Phi) is 3.89. The van der Waals surface area contributed by atoms with E-state index in [1.807, 2.05) is 0 Å². The van der Waals surface area contributed by atoms with Crippen LogP contribution in [0.25, 0.3) is 11.6 Å². The number of rotatable bonds is 3. The van der Waals surface area contributed by atoms with Crippen molar-refractivity contribution in [3.05, 3.63) is 71.0 Å². The van der Waals surface area contributed by atoms with E-state index in [0.29, 0.717) is 17.7 Å². The van der Waals surface area contributed by atoms with Gasteiger partial charge in [-0.1, -0.05) is 30.3 Å². The Labute approximate surface area is 112 Å². The molecule has 2 aromatic rings. The van der Waals surface area contributed by atoms with Crippen molar-refractivity contribution in [2.75, 3.05) is 0 Å². The van der Waals surface area contributed by atoms with Crippen LogP contribution in [0.4, 0.5) is 13.2 Å². The third-order valence-corrected chi connectivity index (χ3v) is 2.65. The second-order valence-electron chi connectivity index (χ2n) is 4.02. The zero-order valence-electron chi connectivity index (χ0n) is 10.1. The molecule has 0 aliphatic heterocycles. The highest BCUT2D eigenvalue weighted by atomic mass is 19.2. The van der Waals surface area contributed by atoms with Crippen LogP contribution < -0.4 is 0 Å². The van der Waals surface area contributed by atoms with Crippen molar-refractivity contribution in [1.29, 1.82) is 0 Å². The Hall–Kier alpha value is -2.56. The average Bonchev–Trinajstić information content (AvgIpc) is 2.42. The summed E-state index contributed by atoms with van der Waals surface area (Å²) in [6.07, 6.45) is 0.968. The molecule has 0 saturated carbocycles. The maximum atomic E-state index is 13.5. The summed E-state index contributed by atoms with van der Waals surface area (Å²) in [7, 11) is 0. The molecule has 0 spiro atoms. The van der Waals surface area contributed by atoms with Gasteiger partial charge in [0.1, 0.15) is 5.82 Å². The molecule has 0 heterocycles. The molecule has 0 amide bonds. The van der Waals surface area contributed by atoms with Crippen molar-refractivity contribution in [1.82, 2.24) is 0 Å². The van der Waals surface area contributed by atoms with E-state index in [9.17, 15) is 18.0 Å². The van der Waals surface area contributed by atoms with Gasteiger partial charge in [-0.3, -0.25) is 0 Å². The second kappa shape index (κ2) is 5.61. The van der Waals surface area contributed by atoms with Crippen LogP contribution in [0.3, 0.4) is 0 Å². The van der Waals surface area contributed by atoms with Crippen LogP contribution in [0.2, 0.25) is 0 Å². The molecule has 20 heavy (non-hydrogen) atoms. The van der Waals surface area contributed by atoms with Crippen molar-refractivity contribution in [2.45, 2.75) is 0 Å². The van der Waals surface area contributed by atoms with Gasteiger partial charge in [0.25, 0.3) is 0 Å². The van der Waals surface area contributed by atoms with Crippen LogP contribution in [0.5, 0.6) is 0 Å². The molecule has 5 heteroatoms. The lowest BCUT2D eigenvalue weighted by Gasteiger charge is -2.04. The fraction of sp³-hybridized carbons (Fsp3) is 0. The van der Waals surface area contributed by atoms with Crippen molar-refractivity contribution >= 4 is 17.6 Å². The molecule has 1 N–H and O–H groups in total. The zero-order valence-corrected chi connectivity index (χ0v) is 10.1. The summed E-state index contributed by atoms with van der Waals surface area (Å²) < 4.78 is 39.4. The van der Waals surface area contributed by atoms with Crippen LogP contribution in [0.1, 0.15) is 11.1 Å². The summed E-state index contributed by atoms with van der Waals surface area (Å²) >= 11 is 0. The van der Waals surface area contributed by atoms with Crippen molar-refractivity contribution in [3.8, 4) is 0 Å². The number of carbonyl (C=O) groups is 1. The molecule has 2 rings (SSSR count). The van der Waals surface area contributed by atoms with Crippen molar-refractivity contribution in [2.24, 2.45) is 0 Å². The van der Waals surface area contributed by atoms with Gasteiger partial charge in [-0.25, -0.2) is 18.0 Å². The van der Waals surface area contributed by atoms with Gasteiger partial charge >= 0.3 is 5.97 Å². The molecular formula is C15H9F3O2. The Balaban J connectivity index is 2.56. The van der Waals surface area contributed by atoms with Gasteiger partial charge in [0.15, 0.2) is 11.6 Å². The molecule has 2 aromatic carbocycles. The van der Waals surface area contributed by atoms with Crippen LogP contribution in [-0.2, 0) is 4.79 Å². The highest BCUT2D eigenvalue weighted by Gasteiger charge is 2.13. The number of hydrogen-bond donors (Lipinski definition) is 1. The summed E-state index contributed by atoms with van der Waals surface area (Å²) in [5.41, 5.74) is -0.204. The second-order valence-corrected chi connectivity index (χ2v) is 4.02. The number of carboxylic acids is 1. The molecule has 0 atom stereocenters. The largest absolute Gasteiger partial charge is 0.478 e. The third kappa shape index (κ3) is 2.88. The Morgan fingerprint density at radius 3 is 2.15 bits per heavy atom. The quantitative estimate of drug-likeness (QED) is 0.527. The lowest BCUT2D eigenvalue weighted by Crippen LogP contribution is -2.00. The highest BCUT2D eigenvalue weighted by Crippen LogP contribution is 2.22. The smallest absolute Gasteiger partial charge is 0.336 e. The lowest BCUT2D eigenvalue weighted by atomic mass is 10.0. The molecule has 102 valence electrons. The number of halogens is 3. The highest BCUT2D eigenvalue weighted by molar-refractivity contribution is 6.20. The first-order valence-corrected chi connectivity index (χ1v) is 5.64. The number of aliphatic carboxylic acids is 1. The SMILES string of the molecule is O=C(O)/C(=C/c1cc(F)c(F)cc1F)c1ccccc1. The average molecular weight is 278 g/mol. The van der Waals surface area contributed by atoms with Gasteiger partial charge in [-0.15, -0.1) is 0 Å². The molecule has 0 aromatic heterocycles. The maximum absolute atomic E-state index is 13.5. The molecule has 0 unspecified atom stereocenters. The molecule has 0 radical (unpaired) electrons. The minimum Gasteiger partial charge on any atom is -0.478 e. The van der Waals surface area contributed by atoms with E-state index < -0.39 is 23.4 Å². The van der Waals surface area contributed by atoms with E-state index >= 15 is 0 Å². The van der Waals surface area contributed by atoms with Crippen molar-refractivity contribution < 1.29 is 23.1 Å². The van der Waals surface area contributed by atoms with Crippen LogP contribution in [-0.4, -0.2) is 11.1 Å². The zero-order chi connectivity index (χ0) is 14.7. The van der Waals surface area contributed by atoms with Gasteiger partial charge in [0, 0.05) is 11.6 Å². The predicted octanol–water partition coefficient (Wildman–Crippen LogP) is 3.73. The van der Waals surface area contributed by atoms with Gasteiger partial charge < -0.3 is 5.11 Å². The standard InChI is InChI=1S/C15H9F3O2/c16-12-8-14(18)13(17)7-10(12)6-11(15(19)20)9-4-2-1-3-5-9/h1-8H,(H,19,20)/b11-6+. The summed E-state index contributed by atoms with van der Waals surface area (Å²) in [4.78, 5) is 11.2. The van der Waals surface area contributed by atoms with Gasteiger partial charge in [0.2, 0.25) is 0 Å². The minimum absolute atomic E-state index is 0.212. The van der Waals surface area contributed by atoms with Gasteiger partial charge in [-0.05, 0) is 17.7 Å². The van der Waals surface area contributed by atoms with Crippen molar-refractivity contribution in [3.63, 3.8) is 0 Å². The minimum atomic E-state index is -1.32. The van der Waals surface area contributed by atoms with Gasteiger partial charge in [-0.2, -0.15) is 0 Å². The van der Waals surface area contributed by atoms with Gasteiger partial charge in [0.05, 0.1) is 5.57 Å². The van der Waals surface area contributed by atoms with E-state index in [2.05, 4.69) is 0 Å². The van der Waals surface area contributed by atoms with E-state index in [1.165, 1.54) is 12.1 Å². The maximum Gasteiger partial charge on any atom is 0.336 e. The normalized spacial score (nSPS) is 11.4. The molecule has 0 aliphatic carbocycles. The molecular weight excluding hydrogens is 269 g/mol. The molecule has 0 saturated heterocycles. The topological polar surface area (TPSA) is 37.3 Å². The summed E-state index contributed by atoms with van der Waals surface area (Å²) in [5.74, 6) is -4.88. The lowest BCUT2D eigenvalue weighted by molar-refractivity contribution is -0.130. The molecule has 2 nitrogen and oxygen atoms in total. The Morgan fingerprint density at radius 2 is 1.55 bits per heavy atom. The number of hydrogen-bond acceptors (Lipinski definition) is 1. The van der Waals surface area contributed by atoms with E-state index in [-0.39, 0.29) is 11.1 Å². The third-order valence-electron chi connectivity index (χ3n) is 2.65. The Morgan fingerprint density at radius 1 is 0.950 bits per heavy atom. The summed E-state index contributed by atoms with van der Waals surface area (Å²) in [5, 5.41) is 9.14. The fourth-order valence-electron chi connectivity index (χ4n) is 1.69. The van der Waals surface area contributed by atoms with E-state index in [1.54, 1.807) is 18.2 Å². The Bertz CT molecular complexity index is 679. The van der Waals surface area contributed by atoms with Crippen LogP contribution in [0.15, 0.2) is 42.5 Å². The first kappa shape index (κ1) is 13.9. The number of benzene rings is 2. The number of carboxylic acid groups (broad SMARTS) is 1. The molecule has 0 bridgehead atoms.